The zero-order valence-corrected chi connectivity index (χ0v) is 14.0. The minimum absolute atomic E-state index is 0.0258. The second-order valence-electron chi connectivity index (χ2n) is 5.84. The SMILES string of the molecule is O=C(NCC(=O)N1CCCC1CC(O)c1ccco1)c1ccsc1. The maximum absolute atomic E-state index is 12.4. The summed E-state index contributed by atoms with van der Waals surface area (Å²) in [6, 6.07) is 5.15. The number of nitrogens with zero attached hydrogens (tertiary/aromatic N) is 1. The van der Waals surface area contributed by atoms with Gasteiger partial charge in [0.1, 0.15) is 11.9 Å². The van der Waals surface area contributed by atoms with E-state index in [0.717, 1.165) is 12.8 Å². The van der Waals surface area contributed by atoms with Crippen LogP contribution in [0, 0.1) is 0 Å². The summed E-state index contributed by atoms with van der Waals surface area (Å²) in [6.07, 6.45) is 2.99. The molecule has 2 aromatic heterocycles. The van der Waals surface area contributed by atoms with Crippen molar-refractivity contribution >= 4 is 23.2 Å². The molecule has 0 aliphatic carbocycles. The number of hydrogen-bond acceptors (Lipinski definition) is 5. The van der Waals surface area contributed by atoms with Crippen molar-refractivity contribution in [2.75, 3.05) is 13.1 Å². The summed E-state index contributed by atoms with van der Waals surface area (Å²) in [5.74, 6) is 0.156. The van der Waals surface area contributed by atoms with Crippen molar-refractivity contribution in [3.63, 3.8) is 0 Å². The van der Waals surface area contributed by atoms with E-state index in [-0.39, 0.29) is 24.4 Å². The van der Waals surface area contributed by atoms with Gasteiger partial charge in [-0.3, -0.25) is 9.59 Å². The van der Waals surface area contributed by atoms with Gasteiger partial charge in [0.25, 0.3) is 5.91 Å². The van der Waals surface area contributed by atoms with Crippen LogP contribution in [0.15, 0.2) is 39.6 Å². The lowest BCUT2D eigenvalue weighted by atomic mass is 10.1. The molecule has 128 valence electrons. The van der Waals surface area contributed by atoms with Gasteiger partial charge in [0.2, 0.25) is 5.91 Å². The van der Waals surface area contributed by atoms with Gasteiger partial charge in [-0.15, -0.1) is 0 Å². The Kier molecular flexibility index (Phi) is 5.32. The van der Waals surface area contributed by atoms with Crippen molar-refractivity contribution in [3.8, 4) is 0 Å². The number of nitrogens with one attached hydrogen (secondary N) is 1. The van der Waals surface area contributed by atoms with E-state index in [4.69, 9.17) is 4.42 Å². The van der Waals surface area contributed by atoms with Crippen LogP contribution in [0.4, 0.5) is 0 Å². The summed E-state index contributed by atoms with van der Waals surface area (Å²) < 4.78 is 5.21. The Hall–Kier alpha value is -2.12. The molecule has 3 heterocycles. The van der Waals surface area contributed by atoms with E-state index in [1.165, 1.54) is 17.6 Å². The van der Waals surface area contributed by atoms with Crippen molar-refractivity contribution < 1.29 is 19.1 Å². The van der Waals surface area contributed by atoms with E-state index in [1.54, 1.807) is 28.5 Å². The molecule has 1 fully saturated rings. The first kappa shape index (κ1) is 16.7. The lowest BCUT2D eigenvalue weighted by Gasteiger charge is -2.26. The molecule has 0 aromatic carbocycles. The Morgan fingerprint density at radius 2 is 2.33 bits per heavy atom. The van der Waals surface area contributed by atoms with Crippen molar-refractivity contribution in [3.05, 3.63) is 46.5 Å². The third kappa shape index (κ3) is 3.85. The third-order valence-electron chi connectivity index (χ3n) is 4.25. The van der Waals surface area contributed by atoms with Crippen LogP contribution in [0.2, 0.25) is 0 Å². The highest BCUT2D eigenvalue weighted by Crippen LogP contribution is 2.27. The summed E-state index contributed by atoms with van der Waals surface area (Å²) in [5, 5.41) is 16.4. The fourth-order valence-corrected chi connectivity index (χ4v) is 3.65. The number of aliphatic hydroxyl groups excluding tert-OH is 1. The quantitative estimate of drug-likeness (QED) is 0.838. The molecule has 7 heteroatoms. The first-order chi connectivity index (χ1) is 11.6. The summed E-state index contributed by atoms with van der Waals surface area (Å²) in [7, 11) is 0. The molecule has 2 amide bonds. The van der Waals surface area contributed by atoms with Crippen LogP contribution in [0.1, 0.15) is 41.5 Å². The van der Waals surface area contributed by atoms with E-state index >= 15 is 0 Å². The molecule has 0 radical (unpaired) electrons. The molecule has 2 atom stereocenters. The standard InChI is InChI=1S/C17H20N2O4S/c20-14(15-4-2-7-23-15)9-13-3-1-6-19(13)16(21)10-18-17(22)12-5-8-24-11-12/h2,4-5,7-8,11,13-14,20H,1,3,6,9-10H2,(H,18,22). The molecule has 1 aliphatic heterocycles. The molecule has 2 aromatic rings. The summed E-state index contributed by atoms with van der Waals surface area (Å²) in [6.45, 7) is 0.630. The Labute approximate surface area is 144 Å². The maximum Gasteiger partial charge on any atom is 0.252 e. The fourth-order valence-electron chi connectivity index (χ4n) is 3.02. The Morgan fingerprint density at radius 3 is 3.04 bits per heavy atom. The van der Waals surface area contributed by atoms with Crippen molar-refractivity contribution in [1.29, 1.82) is 0 Å². The van der Waals surface area contributed by atoms with Crippen molar-refractivity contribution in [1.82, 2.24) is 10.2 Å². The van der Waals surface area contributed by atoms with Gasteiger partial charge in [-0.1, -0.05) is 0 Å². The number of thiophene rings is 1. The smallest absolute Gasteiger partial charge is 0.252 e. The normalized spacial score (nSPS) is 18.5. The Morgan fingerprint density at radius 1 is 1.46 bits per heavy atom. The average Bonchev–Trinajstić information content (AvgIpc) is 3.33. The topological polar surface area (TPSA) is 82.8 Å². The number of aliphatic hydroxyl groups is 1. The number of furan rings is 1. The highest BCUT2D eigenvalue weighted by atomic mass is 32.1. The molecule has 2 N–H and O–H groups in total. The first-order valence-corrected chi connectivity index (χ1v) is 8.91. The van der Waals surface area contributed by atoms with E-state index in [1.807, 2.05) is 5.38 Å². The van der Waals surface area contributed by atoms with Gasteiger partial charge in [0, 0.05) is 30.0 Å². The van der Waals surface area contributed by atoms with E-state index in [2.05, 4.69) is 5.32 Å². The van der Waals surface area contributed by atoms with Gasteiger partial charge in [0.05, 0.1) is 12.8 Å². The Balaban J connectivity index is 1.52. The van der Waals surface area contributed by atoms with Crippen LogP contribution in [-0.4, -0.2) is 41.0 Å². The molecular weight excluding hydrogens is 328 g/mol. The molecule has 0 bridgehead atoms. The zero-order valence-electron chi connectivity index (χ0n) is 13.2. The highest BCUT2D eigenvalue weighted by Gasteiger charge is 2.31. The summed E-state index contributed by atoms with van der Waals surface area (Å²) in [5.41, 5.74) is 0.569. The van der Waals surface area contributed by atoms with Crippen LogP contribution >= 0.6 is 11.3 Å². The predicted molar refractivity (Wildman–Crippen MR) is 89.7 cm³/mol. The van der Waals surface area contributed by atoms with Gasteiger partial charge in [0.15, 0.2) is 0 Å². The number of amides is 2. The van der Waals surface area contributed by atoms with Gasteiger partial charge in [-0.25, -0.2) is 0 Å². The molecule has 2 unspecified atom stereocenters. The monoisotopic (exact) mass is 348 g/mol. The zero-order chi connectivity index (χ0) is 16.9. The number of carbonyl (C=O) groups excluding carboxylic acids is 2. The van der Waals surface area contributed by atoms with Gasteiger partial charge in [-0.2, -0.15) is 11.3 Å². The molecule has 1 aliphatic rings. The summed E-state index contributed by atoms with van der Waals surface area (Å²) in [4.78, 5) is 26.1. The highest BCUT2D eigenvalue weighted by molar-refractivity contribution is 7.08. The number of hydrogen-bond donors (Lipinski definition) is 2. The van der Waals surface area contributed by atoms with Crippen LogP contribution in [-0.2, 0) is 4.79 Å². The second-order valence-corrected chi connectivity index (χ2v) is 6.62. The van der Waals surface area contributed by atoms with E-state index in [0.29, 0.717) is 24.3 Å². The maximum atomic E-state index is 12.4. The lowest BCUT2D eigenvalue weighted by Crippen LogP contribution is -2.43. The second kappa shape index (κ2) is 7.63. The molecule has 0 spiro atoms. The van der Waals surface area contributed by atoms with Crippen LogP contribution in [0.3, 0.4) is 0 Å². The van der Waals surface area contributed by atoms with Gasteiger partial charge in [-0.05, 0) is 36.4 Å². The largest absolute Gasteiger partial charge is 0.467 e. The molecule has 0 saturated carbocycles. The summed E-state index contributed by atoms with van der Waals surface area (Å²) >= 11 is 1.44. The average molecular weight is 348 g/mol. The number of likely N-dealkylation sites (tertiary alicyclic amines) is 1. The number of carbonyl (C=O) groups is 2. The van der Waals surface area contributed by atoms with E-state index in [9.17, 15) is 14.7 Å². The minimum Gasteiger partial charge on any atom is -0.467 e. The van der Waals surface area contributed by atoms with Gasteiger partial charge >= 0.3 is 0 Å². The fraction of sp³-hybridized carbons (Fsp3) is 0.412. The van der Waals surface area contributed by atoms with Gasteiger partial charge < -0.3 is 19.7 Å². The van der Waals surface area contributed by atoms with Crippen molar-refractivity contribution in [2.45, 2.75) is 31.4 Å². The first-order valence-electron chi connectivity index (χ1n) is 7.96. The molecule has 24 heavy (non-hydrogen) atoms. The lowest BCUT2D eigenvalue weighted by molar-refractivity contribution is -0.131. The van der Waals surface area contributed by atoms with Crippen molar-refractivity contribution in [2.24, 2.45) is 0 Å². The van der Waals surface area contributed by atoms with Crippen LogP contribution in [0.25, 0.3) is 0 Å². The number of rotatable bonds is 6. The molecular formula is C17H20N2O4S. The molecule has 3 rings (SSSR count). The Bertz CT molecular complexity index is 669. The third-order valence-corrected chi connectivity index (χ3v) is 4.93. The predicted octanol–water partition coefficient (Wildman–Crippen LogP) is 2.19. The molecule has 1 saturated heterocycles. The molecule has 6 nitrogen and oxygen atoms in total. The van der Waals surface area contributed by atoms with Crippen LogP contribution in [0.5, 0.6) is 0 Å². The van der Waals surface area contributed by atoms with Crippen LogP contribution < -0.4 is 5.32 Å². The van der Waals surface area contributed by atoms with E-state index < -0.39 is 6.10 Å². The minimum atomic E-state index is -0.723.